The number of hydrogen-bond donors (Lipinski definition) is 2. The molecule has 0 aromatic heterocycles. The van der Waals surface area contributed by atoms with Crippen LogP contribution in [0.5, 0.6) is 0 Å². The number of nitro groups is 1. The Labute approximate surface area is 115 Å². The number of non-ortho nitro benzene ring substituents is 1. The van der Waals surface area contributed by atoms with E-state index in [-0.39, 0.29) is 6.54 Å². The molecule has 9 heteroatoms. The van der Waals surface area contributed by atoms with Crippen molar-refractivity contribution in [2.45, 2.75) is 29.7 Å². The normalized spacial score (nSPS) is 17.5. The quantitative estimate of drug-likeness (QED) is 0.619. The van der Waals surface area contributed by atoms with E-state index in [9.17, 15) is 22.9 Å². The van der Waals surface area contributed by atoms with Crippen LogP contribution in [0.2, 0.25) is 0 Å². The topological polar surface area (TPSA) is 115 Å². The number of rotatable bonds is 5. The number of benzene rings is 1. The van der Waals surface area contributed by atoms with Crippen LogP contribution >= 0.6 is 0 Å². The third-order valence-electron chi connectivity index (χ3n) is 3.38. The van der Waals surface area contributed by atoms with Crippen LogP contribution in [-0.2, 0) is 10.0 Å². The van der Waals surface area contributed by atoms with Gasteiger partial charge >= 0.3 is 0 Å². The van der Waals surface area contributed by atoms with Gasteiger partial charge in [-0.25, -0.2) is 17.5 Å². The first-order chi connectivity index (χ1) is 9.23. The van der Waals surface area contributed by atoms with Crippen molar-refractivity contribution in [1.29, 1.82) is 0 Å². The Balaban J connectivity index is 2.18. The number of halogens is 1. The highest BCUT2D eigenvalue weighted by Crippen LogP contribution is 2.29. The van der Waals surface area contributed by atoms with E-state index in [0.29, 0.717) is 18.9 Å². The minimum absolute atomic E-state index is 0.0196. The van der Waals surface area contributed by atoms with E-state index in [1.807, 2.05) is 0 Å². The number of nitrogens with two attached hydrogens (primary N) is 1. The molecule has 110 valence electrons. The molecule has 1 aromatic rings. The Bertz CT molecular complexity index is 643. The molecule has 1 aliphatic carbocycles. The fourth-order valence-corrected chi connectivity index (χ4v) is 3.14. The van der Waals surface area contributed by atoms with Crippen molar-refractivity contribution < 1.29 is 17.7 Å². The van der Waals surface area contributed by atoms with Crippen molar-refractivity contribution in [3.05, 3.63) is 34.1 Å². The van der Waals surface area contributed by atoms with Gasteiger partial charge in [-0.1, -0.05) is 0 Å². The van der Waals surface area contributed by atoms with Gasteiger partial charge < -0.3 is 5.73 Å². The molecule has 0 saturated heterocycles. The van der Waals surface area contributed by atoms with Crippen molar-refractivity contribution in [1.82, 2.24) is 4.72 Å². The lowest BCUT2D eigenvalue weighted by Crippen LogP contribution is -2.54. The van der Waals surface area contributed by atoms with Crippen LogP contribution in [0.4, 0.5) is 10.1 Å². The van der Waals surface area contributed by atoms with E-state index in [4.69, 9.17) is 5.73 Å². The minimum Gasteiger partial charge on any atom is -0.324 e. The van der Waals surface area contributed by atoms with Crippen LogP contribution in [0.25, 0.3) is 0 Å². The van der Waals surface area contributed by atoms with Gasteiger partial charge in [-0.3, -0.25) is 10.1 Å². The predicted octanol–water partition coefficient (Wildman–Crippen LogP) is 0.894. The van der Waals surface area contributed by atoms with E-state index in [2.05, 4.69) is 4.72 Å². The Kier molecular flexibility index (Phi) is 3.76. The highest BCUT2D eigenvalue weighted by Gasteiger charge is 2.34. The average molecular weight is 303 g/mol. The molecule has 0 bridgehead atoms. The SMILES string of the molecule is NC1(CNS(=O)(=O)c2ccc([N+](=O)[O-])cc2F)CCC1. The predicted molar refractivity (Wildman–Crippen MR) is 69.0 cm³/mol. The van der Waals surface area contributed by atoms with Crippen molar-refractivity contribution in [2.24, 2.45) is 5.73 Å². The molecular formula is C11H14FN3O4S. The van der Waals surface area contributed by atoms with Crippen molar-refractivity contribution in [3.8, 4) is 0 Å². The van der Waals surface area contributed by atoms with Gasteiger partial charge in [0.25, 0.3) is 5.69 Å². The van der Waals surface area contributed by atoms with Crippen molar-refractivity contribution in [2.75, 3.05) is 6.54 Å². The summed E-state index contributed by atoms with van der Waals surface area (Å²) >= 11 is 0. The second kappa shape index (κ2) is 5.08. The van der Waals surface area contributed by atoms with Gasteiger partial charge in [-0.05, 0) is 25.3 Å². The summed E-state index contributed by atoms with van der Waals surface area (Å²) < 4.78 is 39.8. The van der Waals surface area contributed by atoms with Crippen molar-refractivity contribution >= 4 is 15.7 Å². The van der Waals surface area contributed by atoms with Crippen LogP contribution in [0.3, 0.4) is 0 Å². The summed E-state index contributed by atoms with van der Waals surface area (Å²) in [6.45, 7) is 0.0196. The van der Waals surface area contributed by atoms with Gasteiger partial charge in [0.1, 0.15) is 10.7 Å². The standard InChI is InChI=1S/C11H14FN3O4S/c12-9-6-8(15(16)17)2-3-10(9)20(18,19)14-7-11(13)4-1-5-11/h2-3,6,14H,1,4-5,7,13H2. The molecule has 0 unspecified atom stereocenters. The van der Waals surface area contributed by atoms with E-state index in [0.717, 1.165) is 18.6 Å². The lowest BCUT2D eigenvalue weighted by molar-refractivity contribution is -0.385. The summed E-state index contributed by atoms with van der Waals surface area (Å²) in [7, 11) is -4.07. The molecule has 20 heavy (non-hydrogen) atoms. The maximum absolute atomic E-state index is 13.7. The summed E-state index contributed by atoms with van der Waals surface area (Å²) in [5, 5.41) is 10.5. The van der Waals surface area contributed by atoms with Crippen LogP contribution in [0.1, 0.15) is 19.3 Å². The molecule has 0 heterocycles. The molecule has 1 saturated carbocycles. The monoisotopic (exact) mass is 303 g/mol. The largest absolute Gasteiger partial charge is 0.324 e. The number of hydrogen-bond acceptors (Lipinski definition) is 5. The van der Waals surface area contributed by atoms with Crippen LogP contribution in [0.15, 0.2) is 23.1 Å². The molecule has 7 nitrogen and oxygen atoms in total. The zero-order chi connectivity index (χ0) is 15.0. The number of sulfonamides is 1. The lowest BCUT2D eigenvalue weighted by atomic mass is 9.78. The summed E-state index contributed by atoms with van der Waals surface area (Å²) in [4.78, 5) is 9.06. The maximum Gasteiger partial charge on any atom is 0.272 e. The average Bonchev–Trinajstić information content (AvgIpc) is 2.33. The van der Waals surface area contributed by atoms with Gasteiger partial charge in [0.05, 0.1) is 11.0 Å². The smallest absolute Gasteiger partial charge is 0.272 e. The Morgan fingerprint density at radius 2 is 2.10 bits per heavy atom. The highest BCUT2D eigenvalue weighted by atomic mass is 32.2. The number of nitrogens with one attached hydrogen (secondary N) is 1. The summed E-state index contributed by atoms with van der Waals surface area (Å²) in [6, 6.07) is 2.40. The van der Waals surface area contributed by atoms with Crippen molar-refractivity contribution in [3.63, 3.8) is 0 Å². The highest BCUT2D eigenvalue weighted by molar-refractivity contribution is 7.89. The minimum atomic E-state index is -4.07. The second-order valence-electron chi connectivity index (χ2n) is 4.91. The molecule has 1 aromatic carbocycles. The fourth-order valence-electron chi connectivity index (χ4n) is 1.95. The first-order valence-electron chi connectivity index (χ1n) is 5.96. The third kappa shape index (κ3) is 2.94. The van der Waals surface area contributed by atoms with Gasteiger partial charge in [-0.2, -0.15) is 0 Å². The molecule has 2 rings (SSSR count). The van der Waals surface area contributed by atoms with Crippen LogP contribution in [-0.4, -0.2) is 25.4 Å². The third-order valence-corrected chi connectivity index (χ3v) is 4.81. The van der Waals surface area contributed by atoms with E-state index < -0.39 is 36.9 Å². The number of nitrogens with zero attached hydrogens (tertiary/aromatic N) is 1. The van der Waals surface area contributed by atoms with E-state index in [1.54, 1.807) is 0 Å². The van der Waals surface area contributed by atoms with E-state index >= 15 is 0 Å². The molecule has 3 N–H and O–H groups in total. The summed E-state index contributed by atoms with van der Waals surface area (Å²) in [5.74, 6) is -1.16. The van der Waals surface area contributed by atoms with Gasteiger partial charge in [-0.15, -0.1) is 0 Å². The zero-order valence-corrected chi connectivity index (χ0v) is 11.3. The molecule has 0 amide bonds. The molecule has 1 aliphatic rings. The molecule has 0 spiro atoms. The van der Waals surface area contributed by atoms with Gasteiger partial charge in [0.15, 0.2) is 0 Å². The lowest BCUT2D eigenvalue weighted by Gasteiger charge is -2.37. The Morgan fingerprint density at radius 3 is 2.55 bits per heavy atom. The maximum atomic E-state index is 13.7. The first kappa shape index (κ1) is 14.8. The Morgan fingerprint density at radius 1 is 1.45 bits per heavy atom. The fraction of sp³-hybridized carbons (Fsp3) is 0.455. The molecule has 0 aliphatic heterocycles. The first-order valence-corrected chi connectivity index (χ1v) is 7.44. The van der Waals surface area contributed by atoms with Gasteiger partial charge in [0, 0.05) is 18.2 Å². The van der Waals surface area contributed by atoms with E-state index in [1.165, 1.54) is 0 Å². The summed E-state index contributed by atoms with van der Waals surface area (Å²) in [5.41, 5.74) is 4.80. The van der Waals surface area contributed by atoms with Gasteiger partial charge in [0.2, 0.25) is 10.0 Å². The second-order valence-corrected chi connectivity index (χ2v) is 6.65. The summed E-state index contributed by atoms with van der Waals surface area (Å²) in [6.07, 6.45) is 2.35. The molecule has 0 atom stereocenters. The molecule has 0 radical (unpaired) electrons. The molecular weight excluding hydrogens is 289 g/mol. The zero-order valence-electron chi connectivity index (χ0n) is 10.5. The molecule has 1 fully saturated rings. The van der Waals surface area contributed by atoms with Crippen LogP contribution < -0.4 is 10.5 Å². The Hall–Kier alpha value is -1.58. The number of nitro benzene ring substituents is 1. The van der Waals surface area contributed by atoms with Crippen LogP contribution in [0, 0.1) is 15.9 Å².